The molecule has 0 fully saturated rings. The van der Waals surface area contributed by atoms with Crippen molar-refractivity contribution in [2.45, 2.75) is 39.0 Å². The number of rotatable bonds is 9. The minimum atomic E-state index is -0.399. The van der Waals surface area contributed by atoms with E-state index in [0.717, 1.165) is 24.2 Å². The highest BCUT2D eigenvalue weighted by atomic mass is 16.5. The van der Waals surface area contributed by atoms with E-state index >= 15 is 0 Å². The molecule has 2 aromatic carbocycles. The topological polar surface area (TPSA) is 87.7 Å². The van der Waals surface area contributed by atoms with E-state index in [1.165, 1.54) is 25.0 Å². The Balaban J connectivity index is 1.73. The van der Waals surface area contributed by atoms with Crippen LogP contribution in [-0.2, 0) is 11.2 Å². The highest BCUT2D eigenvalue weighted by Gasteiger charge is 2.08. The summed E-state index contributed by atoms with van der Waals surface area (Å²) in [7, 11) is 0. The molecule has 2 amide bonds. The molecule has 0 unspecified atom stereocenters. The Morgan fingerprint density at radius 1 is 0.926 bits per heavy atom. The van der Waals surface area contributed by atoms with Gasteiger partial charge in [-0.15, -0.1) is 0 Å². The first-order valence-corrected chi connectivity index (χ1v) is 9.18. The molecule has 0 saturated heterocycles. The Kier molecular flexibility index (Phi) is 8.16. The average molecular weight is 370 g/mol. The molecule has 0 saturated carbocycles. The molecule has 2 rings (SSSR count). The van der Waals surface area contributed by atoms with E-state index < -0.39 is 5.91 Å². The second-order valence-electron chi connectivity index (χ2n) is 6.28. The lowest BCUT2D eigenvalue weighted by molar-refractivity contribution is -0.121. The van der Waals surface area contributed by atoms with Crippen LogP contribution in [0.25, 0.3) is 0 Å². The molecule has 3 N–H and O–H groups in total. The number of hydrogen-bond donors (Lipinski definition) is 3. The van der Waals surface area contributed by atoms with Crippen LogP contribution in [0.3, 0.4) is 0 Å². The molecule has 0 aromatic heterocycles. The molecule has 0 radical (unpaired) electrons. The third kappa shape index (κ3) is 7.40. The minimum absolute atomic E-state index is 0.103. The lowest BCUT2D eigenvalue weighted by atomic mass is 10.1. The summed E-state index contributed by atoms with van der Waals surface area (Å²) in [6, 6.07) is 13.1. The summed E-state index contributed by atoms with van der Waals surface area (Å²) in [5, 5.41) is 9.23. The predicted molar refractivity (Wildman–Crippen MR) is 103 cm³/mol. The van der Waals surface area contributed by atoms with Crippen molar-refractivity contribution in [2.24, 2.45) is 0 Å². The number of unbranched alkanes of at least 4 members (excludes halogenated alkanes) is 3. The number of nitrogens with one attached hydrogen (secondary N) is 2. The van der Waals surface area contributed by atoms with Crippen molar-refractivity contribution in [1.82, 2.24) is 10.9 Å². The number of carbonyl (C=O) groups excluding carboxylic acids is 2. The van der Waals surface area contributed by atoms with E-state index in [1.54, 1.807) is 36.4 Å². The van der Waals surface area contributed by atoms with Crippen molar-refractivity contribution < 1.29 is 19.4 Å². The largest absolute Gasteiger partial charge is 0.508 e. The van der Waals surface area contributed by atoms with Gasteiger partial charge in [-0.05, 0) is 48.4 Å². The number of hydrogen-bond acceptors (Lipinski definition) is 4. The summed E-state index contributed by atoms with van der Waals surface area (Å²) >= 11 is 0. The third-order valence-electron chi connectivity index (χ3n) is 4.00. The van der Waals surface area contributed by atoms with Crippen molar-refractivity contribution in [3.63, 3.8) is 0 Å². The van der Waals surface area contributed by atoms with Gasteiger partial charge >= 0.3 is 0 Å². The zero-order chi connectivity index (χ0) is 19.5. The number of ether oxygens (including phenoxy) is 1. The van der Waals surface area contributed by atoms with Gasteiger partial charge in [0.05, 0.1) is 13.0 Å². The Morgan fingerprint density at radius 2 is 1.63 bits per heavy atom. The van der Waals surface area contributed by atoms with Crippen LogP contribution < -0.4 is 15.6 Å². The van der Waals surface area contributed by atoms with Crippen molar-refractivity contribution in [2.75, 3.05) is 6.61 Å². The summed E-state index contributed by atoms with van der Waals surface area (Å²) in [6.07, 6.45) is 4.67. The summed E-state index contributed by atoms with van der Waals surface area (Å²) in [5.74, 6) is 0.116. The summed E-state index contributed by atoms with van der Waals surface area (Å²) in [4.78, 5) is 24.0. The first-order chi connectivity index (χ1) is 13.1. The van der Waals surface area contributed by atoms with Crippen LogP contribution in [0.5, 0.6) is 11.5 Å². The van der Waals surface area contributed by atoms with Gasteiger partial charge in [-0.1, -0.05) is 38.3 Å². The molecule has 0 aliphatic heterocycles. The quantitative estimate of drug-likeness (QED) is 0.467. The fourth-order valence-electron chi connectivity index (χ4n) is 2.46. The smallest absolute Gasteiger partial charge is 0.269 e. The standard InChI is InChI=1S/C21H26N2O4/c1-2-3-4-5-14-27-19-12-8-17(9-13-19)21(26)23-22-20(25)15-16-6-10-18(24)11-7-16/h6-13,24H,2-5,14-15H2,1H3,(H,22,25)(H,23,26). The molecule has 27 heavy (non-hydrogen) atoms. The van der Waals surface area contributed by atoms with Gasteiger partial charge in [0.15, 0.2) is 0 Å². The van der Waals surface area contributed by atoms with Gasteiger partial charge in [-0.2, -0.15) is 0 Å². The molecule has 6 nitrogen and oxygen atoms in total. The van der Waals surface area contributed by atoms with Gasteiger partial charge in [-0.25, -0.2) is 0 Å². The van der Waals surface area contributed by atoms with E-state index in [0.29, 0.717) is 12.2 Å². The lowest BCUT2D eigenvalue weighted by Gasteiger charge is -2.09. The molecule has 0 bridgehead atoms. The maximum atomic E-state index is 12.1. The summed E-state index contributed by atoms with van der Waals surface area (Å²) in [6.45, 7) is 2.83. The molecule has 144 valence electrons. The van der Waals surface area contributed by atoms with Gasteiger partial charge in [0.1, 0.15) is 11.5 Å². The zero-order valence-electron chi connectivity index (χ0n) is 15.5. The van der Waals surface area contributed by atoms with E-state index in [9.17, 15) is 14.7 Å². The number of phenols is 1. The highest BCUT2D eigenvalue weighted by molar-refractivity contribution is 5.95. The van der Waals surface area contributed by atoms with Crippen LogP contribution in [0.2, 0.25) is 0 Å². The van der Waals surface area contributed by atoms with Crippen LogP contribution >= 0.6 is 0 Å². The molecule has 6 heteroatoms. The maximum Gasteiger partial charge on any atom is 0.269 e. The SMILES string of the molecule is CCCCCCOc1ccc(C(=O)NNC(=O)Cc2ccc(O)cc2)cc1. The van der Waals surface area contributed by atoms with Crippen molar-refractivity contribution in [3.8, 4) is 11.5 Å². The van der Waals surface area contributed by atoms with Gasteiger partial charge < -0.3 is 9.84 Å². The predicted octanol–water partition coefficient (Wildman–Crippen LogP) is 3.36. The van der Waals surface area contributed by atoms with Crippen LogP contribution in [0.15, 0.2) is 48.5 Å². The van der Waals surface area contributed by atoms with Gasteiger partial charge in [-0.3, -0.25) is 20.4 Å². The van der Waals surface area contributed by atoms with E-state index in [4.69, 9.17) is 4.74 Å². The number of aromatic hydroxyl groups is 1. The molecule has 0 aliphatic rings. The summed E-state index contributed by atoms with van der Waals surface area (Å²) in [5.41, 5.74) is 5.93. The Morgan fingerprint density at radius 3 is 2.30 bits per heavy atom. The fourth-order valence-corrected chi connectivity index (χ4v) is 2.46. The zero-order valence-corrected chi connectivity index (χ0v) is 15.5. The Bertz CT molecular complexity index is 727. The molecular formula is C21H26N2O4. The third-order valence-corrected chi connectivity index (χ3v) is 4.00. The van der Waals surface area contributed by atoms with Crippen LogP contribution in [-0.4, -0.2) is 23.5 Å². The molecule has 2 aromatic rings. The normalized spacial score (nSPS) is 10.3. The second kappa shape index (κ2) is 10.9. The van der Waals surface area contributed by atoms with E-state index in [-0.39, 0.29) is 18.1 Å². The van der Waals surface area contributed by atoms with E-state index in [1.807, 2.05) is 0 Å². The van der Waals surface area contributed by atoms with Crippen molar-refractivity contribution >= 4 is 11.8 Å². The number of phenolic OH excluding ortho intramolecular Hbond substituents is 1. The molecule has 0 atom stereocenters. The molecule has 0 aliphatic carbocycles. The lowest BCUT2D eigenvalue weighted by Crippen LogP contribution is -2.42. The fraction of sp³-hybridized carbons (Fsp3) is 0.333. The molecule has 0 spiro atoms. The Labute approximate surface area is 159 Å². The number of carbonyl (C=O) groups is 2. The number of amides is 2. The van der Waals surface area contributed by atoms with Crippen LogP contribution in [0, 0.1) is 0 Å². The van der Waals surface area contributed by atoms with E-state index in [2.05, 4.69) is 17.8 Å². The highest BCUT2D eigenvalue weighted by Crippen LogP contribution is 2.13. The number of hydrazine groups is 1. The van der Waals surface area contributed by atoms with Crippen molar-refractivity contribution in [1.29, 1.82) is 0 Å². The second-order valence-corrected chi connectivity index (χ2v) is 6.28. The first kappa shape index (κ1) is 20.3. The number of benzene rings is 2. The van der Waals surface area contributed by atoms with Gasteiger partial charge in [0.25, 0.3) is 5.91 Å². The Hall–Kier alpha value is -3.02. The van der Waals surface area contributed by atoms with Crippen molar-refractivity contribution in [3.05, 3.63) is 59.7 Å². The van der Waals surface area contributed by atoms with Gasteiger partial charge in [0, 0.05) is 5.56 Å². The summed E-state index contributed by atoms with van der Waals surface area (Å²) < 4.78 is 5.64. The van der Waals surface area contributed by atoms with Gasteiger partial charge in [0.2, 0.25) is 5.91 Å². The minimum Gasteiger partial charge on any atom is -0.508 e. The monoisotopic (exact) mass is 370 g/mol. The van der Waals surface area contributed by atoms with Crippen LogP contribution in [0.1, 0.15) is 48.5 Å². The maximum absolute atomic E-state index is 12.1. The van der Waals surface area contributed by atoms with Crippen LogP contribution in [0.4, 0.5) is 0 Å². The molecular weight excluding hydrogens is 344 g/mol. The molecule has 0 heterocycles. The first-order valence-electron chi connectivity index (χ1n) is 9.18. The average Bonchev–Trinajstić information content (AvgIpc) is 2.68.